The van der Waals surface area contributed by atoms with Gasteiger partial charge in [-0.2, -0.15) is 5.26 Å². The highest BCUT2D eigenvalue weighted by Gasteiger charge is 2.45. The molecule has 2 fully saturated rings. The summed E-state index contributed by atoms with van der Waals surface area (Å²) in [6, 6.07) is 42.3. The Labute approximate surface area is 277 Å². The summed E-state index contributed by atoms with van der Waals surface area (Å²) < 4.78 is 0. The monoisotopic (exact) mass is 610 g/mol. The third-order valence-corrected chi connectivity index (χ3v) is 10.4. The van der Waals surface area contributed by atoms with E-state index in [0.29, 0.717) is 34.9 Å². The Kier molecular flexibility index (Phi) is 7.41. The molecule has 6 aromatic rings. The Bertz CT molecular complexity index is 2120. The van der Waals surface area contributed by atoms with Crippen LogP contribution in [0.15, 0.2) is 115 Å². The predicted molar refractivity (Wildman–Crippen MR) is 190 cm³/mol. The van der Waals surface area contributed by atoms with Crippen molar-refractivity contribution in [1.29, 1.82) is 5.26 Å². The molecule has 0 N–H and O–H groups in total. The first-order chi connectivity index (χ1) is 22.9. The van der Waals surface area contributed by atoms with Crippen LogP contribution in [-0.2, 0) is 5.41 Å². The molecule has 2 aliphatic rings. The lowest BCUT2D eigenvalue weighted by Gasteiger charge is -2.50. The van der Waals surface area contributed by atoms with Crippen molar-refractivity contribution in [3.8, 4) is 51.4 Å². The summed E-state index contributed by atoms with van der Waals surface area (Å²) in [5, 5.41) is 12.1. The fourth-order valence-electron chi connectivity index (χ4n) is 8.73. The van der Waals surface area contributed by atoms with Crippen molar-refractivity contribution in [2.45, 2.75) is 51.4 Å². The van der Waals surface area contributed by atoms with E-state index in [4.69, 9.17) is 15.0 Å². The fraction of sp³-hybridized carbons (Fsp3) is 0.256. The molecule has 0 aliphatic heterocycles. The first-order valence-electron chi connectivity index (χ1n) is 16.9. The zero-order chi connectivity index (χ0) is 32.0. The van der Waals surface area contributed by atoms with Crippen molar-refractivity contribution in [1.82, 2.24) is 15.0 Å². The zero-order valence-corrected chi connectivity index (χ0v) is 27.0. The molecular formula is C43H38N4. The molecule has 4 nitrogen and oxygen atoms in total. The van der Waals surface area contributed by atoms with Crippen LogP contribution in [0.2, 0.25) is 0 Å². The van der Waals surface area contributed by atoms with Crippen molar-refractivity contribution < 1.29 is 0 Å². The van der Waals surface area contributed by atoms with Crippen molar-refractivity contribution in [2.75, 3.05) is 0 Å². The molecule has 1 heterocycles. The van der Waals surface area contributed by atoms with E-state index < -0.39 is 0 Å². The number of fused-ring (bicyclic) bond motifs is 3. The lowest BCUT2D eigenvalue weighted by Crippen LogP contribution is -2.42. The van der Waals surface area contributed by atoms with Gasteiger partial charge in [0.2, 0.25) is 0 Å². The van der Waals surface area contributed by atoms with Crippen LogP contribution in [0.25, 0.3) is 56.1 Å². The highest BCUT2D eigenvalue weighted by Crippen LogP contribution is 2.54. The molecule has 5 aromatic carbocycles. The second-order valence-corrected chi connectivity index (χ2v) is 14.2. The average molecular weight is 611 g/mol. The molecule has 4 heteroatoms. The summed E-state index contributed by atoms with van der Waals surface area (Å²) in [6.07, 6.45) is 6.28. The van der Waals surface area contributed by atoms with Gasteiger partial charge in [0.1, 0.15) is 0 Å². The maximum absolute atomic E-state index is 9.74. The van der Waals surface area contributed by atoms with E-state index in [1.807, 2.05) is 36.4 Å². The smallest absolute Gasteiger partial charge is 0.164 e. The average Bonchev–Trinajstić information content (AvgIpc) is 3.11. The number of hydrogen-bond acceptors (Lipinski definition) is 4. The predicted octanol–water partition coefficient (Wildman–Crippen LogP) is 10.7. The second-order valence-electron chi connectivity index (χ2n) is 14.2. The van der Waals surface area contributed by atoms with Crippen LogP contribution in [0.4, 0.5) is 0 Å². The van der Waals surface area contributed by atoms with E-state index in [2.05, 4.69) is 98.8 Å². The Balaban J connectivity index is 1.35. The largest absolute Gasteiger partial charge is 0.208 e. The molecule has 8 rings (SSSR count). The van der Waals surface area contributed by atoms with Crippen LogP contribution in [0.1, 0.15) is 57.1 Å². The molecular weight excluding hydrogens is 573 g/mol. The van der Waals surface area contributed by atoms with Crippen molar-refractivity contribution in [2.24, 2.45) is 17.8 Å². The minimum atomic E-state index is 0.119. The minimum absolute atomic E-state index is 0.119. The molecule has 0 radical (unpaired) electrons. The van der Waals surface area contributed by atoms with Gasteiger partial charge in [0.15, 0.2) is 17.5 Å². The normalized spacial score (nSPS) is 22.1. The summed E-state index contributed by atoms with van der Waals surface area (Å²) in [4.78, 5) is 15.4. The highest BCUT2D eigenvalue weighted by molar-refractivity contribution is 5.86. The second kappa shape index (κ2) is 11.9. The van der Waals surface area contributed by atoms with Crippen LogP contribution < -0.4 is 0 Å². The lowest BCUT2D eigenvalue weighted by atomic mass is 9.54. The zero-order valence-electron chi connectivity index (χ0n) is 27.0. The van der Waals surface area contributed by atoms with Crippen LogP contribution in [0.5, 0.6) is 0 Å². The number of benzene rings is 5. The molecule has 230 valence electrons. The molecule has 2 unspecified atom stereocenters. The Hall–Kier alpha value is -5.14. The molecule has 0 spiro atoms. The minimum Gasteiger partial charge on any atom is -0.208 e. The number of aromatic nitrogens is 3. The first kappa shape index (κ1) is 29.3. The molecule has 47 heavy (non-hydrogen) atoms. The summed E-state index contributed by atoms with van der Waals surface area (Å²) in [5.41, 5.74) is 7.22. The molecule has 2 aliphatic carbocycles. The van der Waals surface area contributed by atoms with Gasteiger partial charge in [-0.25, -0.2) is 15.0 Å². The number of nitrogens with zero attached hydrogens (tertiary/aromatic N) is 4. The van der Waals surface area contributed by atoms with E-state index in [1.165, 1.54) is 43.1 Å². The molecule has 2 saturated carbocycles. The van der Waals surface area contributed by atoms with Gasteiger partial charge in [0.25, 0.3) is 0 Å². The third kappa shape index (κ3) is 5.72. The van der Waals surface area contributed by atoms with E-state index in [9.17, 15) is 5.26 Å². The number of hydrogen-bond donors (Lipinski definition) is 0. The molecule has 2 bridgehead atoms. The van der Waals surface area contributed by atoms with Crippen LogP contribution in [0, 0.1) is 29.1 Å². The Morgan fingerprint density at radius 1 is 0.553 bits per heavy atom. The van der Waals surface area contributed by atoms with Gasteiger partial charge in [0.05, 0.1) is 11.6 Å². The van der Waals surface area contributed by atoms with Gasteiger partial charge >= 0.3 is 0 Å². The molecule has 1 aromatic heterocycles. The maximum Gasteiger partial charge on any atom is 0.164 e. The summed E-state index contributed by atoms with van der Waals surface area (Å²) in [7, 11) is 0. The SMILES string of the molecule is C[C@@H]1CC2C[C@H](C)CC(c3cc(-c4cccc(C#N)c4)cc(-c4nc(-c5ccccc5)nc(-c5ccc6ccccc6c5)n4)c3)(C2)C1. The van der Waals surface area contributed by atoms with E-state index >= 15 is 0 Å². The summed E-state index contributed by atoms with van der Waals surface area (Å²) in [6.45, 7) is 4.87. The summed E-state index contributed by atoms with van der Waals surface area (Å²) in [5.74, 6) is 4.13. The topological polar surface area (TPSA) is 62.5 Å². The quantitative estimate of drug-likeness (QED) is 0.195. The van der Waals surface area contributed by atoms with Crippen molar-refractivity contribution in [3.63, 3.8) is 0 Å². The molecule has 0 saturated heterocycles. The summed E-state index contributed by atoms with van der Waals surface area (Å²) >= 11 is 0. The van der Waals surface area contributed by atoms with Crippen molar-refractivity contribution in [3.05, 3.63) is 126 Å². The van der Waals surface area contributed by atoms with Crippen LogP contribution >= 0.6 is 0 Å². The van der Waals surface area contributed by atoms with E-state index in [1.54, 1.807) is 0 Å². The fourth-order valence-corrected chi connectivity index (χ4v) is 8.73. The van der Waals surface area contributed by atoms with Gasteiger partial charge < -0.3 is 0 Å². The van der Waals surface area contributed by atoms with Crippen molar-refractivity contribution >= 4 is 10.8 Å². The van der Waals surface area contributed by atoms with Crippen LogP contribution in [0.3, 0.4) is 0 Å². The third-order valence-electron chi connectivity index (χ3n) is 10.4. The molecule has 4 atom stereocenters. The van der Waals surface area contributed by atoms with Gasteiger partial charge in [-0.15, -0.1) is 0 Å². The molecule has 0 amide bonds. The van der Waals surface area contributed by atoms with Gasteiger partial charge in [0, 0.05) is 16.7 Å². The number of rotatable bonds is 5. The first-order valence-corrected chi connectivity index (χ1v) is 16.9. The van der Waals surface area contributed by atoms with Gasteiger partial charge in [-0.05, 0) is 113 Å². The number of nitriles is 1. The standard InChI is InChI=1S/C43H38N4/c1-28-17-31-18-29(2)25-43(24-28,26-31)39-22-37(34-14-8-9-30(19-34)27-44)21-38(23-39)42-46-40(33-11-4-3-5-12-33)45-41(47-42)36-16-15-32-10-6-7-13-35(32)20-36/h3-16,19-23,28-29,31H,17-18,24-26H2,1-2H3/t28-,29+,31?,43?. The van der Waals surface area contributed by atoms with Gasteiger partial charge in [-0.3, -0.25) is 0 Å². The Morgan fingerprint density at radius 3 is 1.94 bits per heavy atom. The maximum atomic E-state index is 9.74. The van der Waals surface area contributed by atoms with E-state index in [-0.39, 0.29) is 5.41 Å². The van der Waals surface area contributed by atoms with E-state index in [0.717, 1.165) is 39.1 Å². The van der Waals surface area contributed by atoms with Crippen LogP contribution in [-0.4, -0.2) is 15.0 Å². The highest BCUT2D eigenvalue weighted by atomic mass is 15.0. The lowest BCUT2D eigenvalue weighted by molar-refractivity contribution is 0.0781. The Morgan fingerprint density at radius 2 is 1.19 bits per heavy atom. The van der Waals surface area contributed by atoms with Gasteiger partial charge in [-0.1, -0.05) is 98.8 Å².